The van der Waals surface area contributed by atoms with E-state index in [4.69, 9.17) is 11.6 Å². The number of rotatable bonds is 10. The summed E-state index contributed by atoms with van der Waals surface area (Å²) >= 11 is 7.50. The second kappa shape index (κ2) is 12.8. The molecule has 0 saturated heterocycles. The van der Waals surface area contributed by atoms with Crippen LogP contribution in [0.5, 0.6) is 0 Å². The minimum Gasteiger partial charge on any atom is -0.390 e. The molecule has 0 aromatic carbocycles. The van der Waals surface area contributed by atoms with Crippen LogP contribution in [0.2, 0.25) is 0 Å². The van der Waals surface area contributed by atoms with E-state index in [0.717, 1.165) is 23.5 Å². The van der Waals surface area contributed by atoms with Crippen molar-refractivity contribution in [1.29, 1.82) is 0 Å². The average molecular weight is 442 g/mol. The van der Waals surface area contributed by atoms with Gasteiger partial charge in [-0.25, -0.2) is 0 Å². The molecule has 3 aliphatic rings. The fourth-order valence-corrected chi connectivity index (χ4v) is 15.2. The van der Waals surface area contributed by atoms with Crippen molar-refractivity contribution < 1.29 is 0 Å². The Labute approximate surface area is 186 Å². The van der Waals surface area contributed by atoms with E-state index in [9.17, 15) is 0 Å². The van der Waals surface area contributed by atoms with Gasteiger partial charge in [0.25, 0.3) is 0 Å². The maximum atomic E-state index is 7.50. The zero-order chi connectivity index (χ0) is 20.4. The van der Waals surface area contributed by atoms with E-state index in [1.807, 2.05) is 0 Å². The Hall–Kier alpha value is 0.0600. The zero-order valence-electron chi connectivity index (χ0n) is 19.0. The zero-order valence-corrected chi connectivity index (χ0v) is 20.7. The van der Waals surface area contributed by atoms with Crippen molar-refractivity contribution in [2.45, 2.75) is 138 Å². The molecule has 3 fully saturated rings. The fourth-order valence-electron chi connectivity index (χ4n) is 6.71. The molecule has 2 nitrogen and oxygen atoms in total. The third-order valence-corrected chi connectivity index (χ3v) is 15.5. The van der Waals surface area contributed by atoms with Crippen LogP contribution in [0, 0.1) is 0 Å². The molecular weight excluding hydrogens is 395 g/mol. The van der Waals surface area contributed by atoms with E-state index in [0.29, 0.717) is 0 Å². The highest BCUT2D eigenvalue weighted by molar-refractivity contribution is 7.79. The Balaban J connectivity index is 1.82. The molecule has 0 amide bonds. The van der Waals surface area contributed by atoms with Gasteiger partial charge in [0.2, 0.25) is 5.24 Å². The maximum absolute atomic E-state index is 7.50. The maximum Gasteiger partial charge on any atom is 0.213 e. The molecule has 2 N–H and O–H groups in total. The van der Waals surface area contributed by atoms with E-state index >= 15 is 0 Å². The van der Waals surface area contributed by atoms with Crippen LogP contribution in [0.3, 0.4) is 0 Å². The summed E-state index contributed by atoms with van der Waals surface area (Å²) in [5, 5.41) is 7.39. The van der Waals surface area contributed by atoms with Crippen molar-refractivity contribution in [3.05, 3.63) is 12.4 Å². The lowest BCUT2D eigenvalue weighted by atomic mass is 9.99. The van der Waals surface area contributed by atoms with Gasteiger partial charge in [0, 0.05) is 18.9 Å². The molecule has 1 atom stereocenters. The minimum atomic E-state index is -1.30. The van der Waals surface area contributed by atoms with E-state index in [1.165, 1.54) is 109 Å². The third kappa shape index (κ3) is 6.06. The van der Waals surface area contributed by atoms with Crippen molar-refractivity contribution in [3.8, 4) is 0 Å². The molecule has 4 heteroatoms. The first kappa shape index (κ1) is 23.7. The fraction of sp³-hybridized carbons (Fsp3) is 0.920. The highest BCUT2D eigenvalue weighted by Crippen LogP contribution is 2.80. The molecule has 3 saturated carbocycles. The van der Waals surface area contributed by atoms with E-state index in [1.54, 1.807) is 0 Å². The van der Waals surface area contributed by atoms with Gasteiger partial charge < -0.3 is 10.6 Å². The lowest BCUT2D eigenvalue weighted by Crippen LogP contribution is -2.43. The molecule has 0 radical (unpaired) electrons. The van der Waals surface area contributed by atoms with Gasteiger partial charge in [-0.3, -0.25) is 0 Å². The summed E-state index contributed by atoms with van der Waals surface area (Å²) < 4.78 is 0. The third-order valence-electron chi connectivity index (χ3n) is 8.12. The van der Waals surface area contributed by atoms with E-state index in [-0.39, 0.29) is 5.24 Å². The molecule has 0 spiro atoms. The number of unbranched alkanes of at least 4 members (excludes halogenated alkanes) is 1. The van der Waals surface area contributed by atoms with E-state index < -0.39 is 7.26 Å². The van der Waals surface area contributed by atoms with Gasteiger partial charge >= 0.3 is 0 Å². The summed E-state index contributed by atoms with van der Waals surface area (Å²) in [7, 11) is -1.30. The van der Waals surface area contributed by atoms with Crippen LogP contribution in [0.25, 0.3) is 0 Å². The van der Waals surface area contributed by atoms with Crippen LogP contribution >= 0.6 is 18.9 Å². The van der Waals surface area contributed by atoms with Gasteiger partial charge in [0.05, 0.1) is 24.2 Å². The molecule has 0 bridgehead atoms. The molecule has 3 rings (SSSR count). The number of hydrogen-bond donors (Lipinski definition) is 2. The summed E-state index contributed by atoms with van der Waals surface area (Å²) in [6.07, 6.45) is 28.6. The van der Waals surface area contributed by atoms with Gasteiger partial charge in [-0.2, -0.15) is 0 Å². The van der Waals surface area contributed by atoms with Crippen molar-refractivity contribution in [2.75, 3.05) is 6.54 Å². The topological polar surface area (TPSA) is 24.1 Å². The highest BCUT2D eigenvalue weighted by atomic mass is 35.5. The molecule has 0 heterocycles. The number of alkyl halides is 1. The summed E-state index contributed by atoms with van der Waals surface area (Å²) in [4.78, 5) is 0. The molecule has 29 heavy (non-hydrogen) atoms. The Morgan fingerprint density at radius 2 is 1.21 bits per heavy atom. The predicted molar refractivity (Wildman–Crippen MR) is 132 cm³/mol. The van der Waals surface area contributed by atoms with Crippen LogP contribution in [0.15, 0.2) is 12.4 Å². The number of nitrogens with one attached hydrogen (secondary N) is 2. The smallest absolute Gasteiger partial charge is 0.213 e. The first-order chi connectivity index (χ1) is 14.3. The molecule has 168 valence electrons. The lowest BCUT2D eigenvalue weighted by Gasteiger charge is -2.50. The highest BCUT2D eigenvalue weighted by Gasteiger charge is 2.61. The van der Waals surface area contributed by atoms with Gasteiger partial charge in [0.1, 0.15) is 0 Å². The van der Waals surface area contributed by atoms with Crippen molar-refractivity contribution in [3.63, 3.8) is 0 Å². The Morgan fingerprint density at radius 1 is 0.759 bits per heavy atom. The molecule has 3 aliphatic carbocycles. The minimum absolute atomic E-state index is 0.182. The van der Waals surface area contributed by atoms with Crippen LogP contribution in [-0.2, 0) is 0 Å². The molecule has 0 aliphatic heterocycles. The molecular formula is C25H47ClN2P+. The van der Waals surface area contributed by atoms with Crippen LogP contribution < -0.4 is 10.6 Å². The lowest BCUT2D eigenvalue weighted by molar-refractivity contribution is 0.447. The van der Waals surface area contributed by atoms with E-state index in [2.05, 4.69) is 30.0 Å². The molecule has 0 unspecified atom stereocenters. The van der Waals surface area contributed by atoms with Gasteiger partial charge in [0.15, 0.2) is 0 Å². The summed E-state index contributed by atoms with van der Waals surface area (Å²) in [6, 6.07) is 0. The number of hydrogen-bond acceptors (Lipinski definition) is 2. The first-order valence-corrected chi connectivity index (χ1v) is 15.5. The van der Waals surface area contributed by atoms with Crippen LogP contribution in [0.4, 0.5) is 0 Å². The standard InChI is InChI=1S/C25H47ClN2P/c1-2-3-19-27-20-21-28-25(26)29(22-13-7-4-8-14-22,23-15-9-5-10-16-23)24-17-11-6-12-18-24/h20-25,27-28H,2-19H2,1H3/q+1/b21-20-/t25-/m0/s1. The summed E-state index contributed by atoms with van der Waals surface area (Å²) in [5.41, 5.74) is 2.79. The van der Waals surface area contributed by atoms with Gasteiger partial charge in [-0.1, -0.05) is 44.2 Å². The van der Waals surface area contributed by atoms with Gasteiger partial charge in [-0.15, -0.1) is 0 Å². The summed E-state index contributed by atoms with van der Waals surface area (Å²) in [6.45, 7) is 3.31. The predicted octanol–water partition coefficient (Wildman–Crippen LogP) is 7.98. The van der Waals surface area contributed by atoms with Crippen molar-refractivity contribution in [2.24, 2.45) is 0 Å². The largest absolute Gasteiger partial charge is 0.390 e. The molecule has 0 aromatic heterocycles. The average Bonchev–Trinajstić information content (AvgIpc) is 2.79. The SMILES string of the molecule is CCCCN/C=C\N[C@H](Cl)[P+](C1CCCCC1)(C1CCCCC1)C1CCCCC1. The van der Waals surface area contributed by atoms with Crippen LogP contribution in [-0.4, -0.2) is 28.8 Å². The second-order valence-electron chi connectivity index (χ2n) is 9.91. The second-order valence-corrected chi connectivity index (χ2v) is 15.2. The van der Waals surface area contributed by atoms with Crippen molar-refractivity contribution >= 4 is 18.9 Å². The Morgan fingerprint density at radius 3 is 1.62 bits per heavy atom. The Kier molecular flexibility index (Phi) is 10.5. The molecule has 0 aromatic rings. The summed E-state index contributed by atoms with van der Waals surface area (Å²) in [5.74, 6) is 0. The van der Waals surface area contributed by atoms with Gasteiger partial charge in [-0.05, 0) is 83.5 Å². The monoisotopic (exact) mass is 441 g/mol. The van der Waals surface area contributed by atoms with Crippen LogP contribution in [0.1, 0.15) is 116 Å². The van der Waals surface area contributed by atoms with Crippen molar-refractivity contribution in [1.82, 2.24) is 10.6 Å². The first-order valence-electron chi connectivity index (χ1n) is 13.0. The Bertz CT molecular complexity index is 420. The number of halogens is 1. The quantitative estimate of drug-likeness (QED) is 0.155. The normalized spacial score (nSPS) is 24.6.